The summed E-state index contributed by atoms with van der Waals surface area (Å²) in [6.07, 6.45) is 16.9. The molecule has 24 nitrogen and oxygen atoms in total. The predicted octanol–water partition coefficient (Wildman–Crippen LogP) is 9.81. The largest absolute Gasteiger partial charge is 0.464 e. The molecule has 4 atom stereocenters. The van der Waals surface area contributed by atoms with Crippen LogP contribution in [0.5, 0.6) is 0 Å². The molecule has 0 radical (unpaired) electrons. The second kappa shape index (κ2) is 54.2. The van der Waals surface area contributed by atoms with Crippen LogP contribution in [0, 0.1) is 47.3 Å². The van der Waals surface area contributed by atoms with Crippen LogP contribution in [0.15, 0.2) is 0 Å². The quantitative estimate of drug-likeness (QED) is 0.0314. The minimum Gasteiger partial charge on any atom is -0.464 e. The number of hydrogen-bond donors (Lipinski definition) is 0. The van der Waals surface area contributed by atoms with Gasteiger partial charge in [0.15, 0.2) is 0 Å². The van der Waals surface area contributed by atoms with Crippen molar-refractivity contribution in [3.8, 4) is 0 Å². The molecule has 0 saturated heterocycles. The number of nitrogens with zero attached hydrogens (tertiary/aromatic N) is 4. The van der Waals surface area contributed by atoms with E-state index in [1.165, 1.54) is 25.7 Å². The summed E-state index contributed by atoms with van der Waals surface area (Å²) in [5, 5.41) is 0. The molecule has 0 bridgehead atoms. The number of rotatable bonds is 40. The molecule has 0 aromatic rings. The summed E-state index contributed by atoms with van der Waals surface area (Å²) in [7, 11) is 10.1. The van der Waals surface area contributed by atoms with Crippen molar-refractivity contribution >= 4 is 47.8 Å². The highest BCUT2D eigenvalue weighted by molar-refractivity contribution is 5.83. The molecule has 4 saturated carbocycles. The van der Waals surface area contributed by atoms with Gasteiger partial charge in [0, 0.05) is 65.7 Å². The van der Waals surface area contributed by atoms with Crippen molar-refractivity contribution < 1.29 is 95.2 Å². The second-order valence-electron chi connectivity index (χ2n) is 28.3. The molecule has 24 heteroatoms. The van der Waals surface area contributed by atoms with E-state index in [4.69, 9.17) is 56.8 Å². The third-order valence-electron chi connectivity index (χ3n) is 18.5. The molecule has 0 aromatic carbocycles. The normalized spacial score (nSPS) is 21.0. The van der Waals surface area contributed by atoms with E-state index in [1.807, 2.05) is 19.0 Å². The molecular weight excluding hydrogens is 1260 g/mol. The Morgan fingerprint density at radius 1 is 0.306 bits per heavy atom. The fourth-order valence-corrected chi connectivity index (χ4v) is 12.8. The summed E-state index contributed by atoms with van der Waals surface area (Å²) in [5.74, 6) is -3.58. The average Bonchev–Trinajstić information content (AvgIpc) is 0.900. The number of unbranched alkanes of at least 4 members (excludes halogenated alkanes) is 2. The number of likely N-dealkylation sites (N-methyl/N-ethyl adjacent to an activating group) is 2. The van der Waals surface area contributed by atoms with Crippen molar-refractivity contribution in [3.05, 3.63) is 0 Å². The Morgan fingerprint density at radius 2 is 0.551 bits per heavy atom. The molecule has 4 unspecified atom stereocenters. The Hall–Kier alpha value is -4.56. The van der Waals surface area contributed by atoms with Gasteiger partial charge in [-0.3, -0.25) is 48.2 Å². The maximum atomic E-state index is 12.4. The van der Waals surface area contributed by atoms with E-state index in [2.05, 4.69) is 83.9 Å². The molecule has 0 heterocycles. The van der Waals surface area contributed by atoms with Crippen molar-refractivity contribution in [2.24, 2.45) is 47.3 Å². The SMILES string of the molecule is CCCCN(CCCC)CCOC(=O)C1CCC(C(=O)OCCOC)CC1.CCN(CC)CCOC(=O)C1CCCCC1C(=O)OCCOC.COCCOC(=O)C1CCC(C(=O)OCCN(C(C)(C)C)C(C)(C)C)CC1.COCCOC(=O)C1CCCCC1C(=O)OCCN(C)C. The zero-order valence-electron chi connectivity index (χ0n) is 63.9. The molecule has 0 spiro atoms. The summed E-state index contributed by atoms with van der Waals surface area (Å²) in [6.45, 7) is 32.8. The van der Waals surface area contributed by atoms with Gasteiger partial charge >= 0.3 is 47.8 Å². The molecule has 572 valence electrons. The van der Waals surface area contributed by atoms with Gasteiger partial charge in [-0.25, -0.2) is 0 Å². The number of carbonyl (C=O) groups excluding carboxylic acids is 8. The molecule has 4 aliphatic carbocycles. The molecule has 0 amide bonds. The van der Waals surface area contributed by atoms with Crippen LogP contribution >= 0.6 is 0 Å². The highest BCUT2D eigenvalue weighted by atomic mass is 16.6. The monoisotopic (exact) mass is 1400 g/mol. The van der Waals surface area contributed by atoms with E-state index in [0.29, 0.717) is 150 Å². The smallest absolute Gasteiger partial charge is 0.309 e. The van der Waals surface area contributed by atoms with Crippen LogP contribution in [0.25, 0.3) is 0 Å². The second-order valence-corrected chi connectivity index (χ2v) is 28.3. The summed E-state index contributed by atoms with van der Waals surface area (Å²) in [6, 6.07) is 0. The van der Waals surface area contributed by atoms with Crippen LogP contribution in [0.1, 0.15) is 198 Å². The van der Waals surface area contributed by atoms with Gasteiger partial charge < -0.3 is 66.6 Å². The van der Waals surface area contributed by atoms with Crippen LogP contribution < -0.4 is 0 Å². The molecule has 0 N–H and O–H groups in total. The van der Waals surface area contributed by atoms with Crippen molar-refractivity contribution in [3.63, 3.8) is 0 Å². The zero-order chi connectivity index (χ0) is 73.3. The van der Waals surface area contributed by atoms with Crippen molar-refractivity contribution in [2.45, 2.75) is 209 Å². The Bertz CT molecular complexity index is 2130. The van der Waals surface area contributed by atoms with Gasteiger partial charge in [-0.1, -0.05) is 66.2 Å². The molecule has 4 rings (SSSR count). The van der Waals surface area contributed by atoms with E-state index in [-0.39, 0.29) is 126 Å². The number of ether oxygens (including phenoxy) is 12. The highest BCUT2D eigenvalue weighted by Crippen LogP contribution is 2.35. The first-order chi connectivity index (χ1) is 46.8. The molecule has 4 fully saturated rings. The Labute approximate surface area is 590 Å². The number of hydrogen-bond acceptors (Lipinski definition) is 24. The molecule has 98 heavy (non-hydrogen) atoms. The predicted molar refractivity (Wildman–Crippen MR) is 376 cm³/mol. The van der Waals surface area contributed by atoms with Crippen molar-refractivity contribution in [1.82, 2.24) is 19.6 Å². The molecule has 0 aromatic heterocycles. The lowest BCUT2D eigenvalue weighted by molar-refractivity contribution is -0.163. The molecule has 4 aliphatic rings. The molecular formula is C74H136N4O20. The lowest BCUT2D eigenvalue weighted by atomic mass is 9.79. The number of methoxy groups -OCH3 is 4. The zero-order valence-corrected chi connectivity index (χ0v) is 63.9. The lowest BCUT2D eigenvalue weighted by Crippen LogP contribution is -2.53. The van der Waals surface area contributed by atoms with E-state index in [0.717, 1.165) is 65.0 Å². The summed E-state index contributed by atoms with van der Waals surface area (Å²) in [5.41, 5.74) is 0.0117. The standard InChI is InChI=1S/2C21H39NO5.C17H31NO5.C15H27NO5/c1-20(2,3)22(21(4,5)6)12-13-26-18(23)16-8-10-17(11-9-16)19(24)27-15-14-25-7;1-4-6-12-22(13-7-5-2)14-15-26-20(23)18-8-10-19(11-9-18)21(24)27-17-16-25-3;1-4-18(5-2)10-11-22-16(19)14-8-6-7-9-15(14)17(20)23-13-12-21-3;1-16(2)8-9-20-14(17)12-6-4-5-7-13(12)15(18)21-11-10-19-3/h16-17H,8-15H2,1-7H3;18-19H,4-17H2,1-3H3;14-15H,4-13H2,1-3H3;12-13H,4-11H2,1-3H3. The lowest BCUT2D eigenvalue weighted by Gasteiger charge is -2.45. The average molecular weight is 1400 g/mol. The van der Waals surface area contributed by atoms with Crippen LogP contribution in [0.3, 0.4) is 0 Å². The summed E-state index contributed by atoms with van der Waals surface area (Å²) in [4.78, 5) is 106. The van der Waals surface area contributed by atoms with Crippen LogP contribution in [0.4, 0.5) is 0 Å². The van der Waals surface area contributed by atoms with Crippen molar-refractivity contribution in [1.29, 1.82) is 0 Å². The first kappa shape index (κ1) is 91.5. The third kappa shape index (κ3) is 39.6. The summed E-state index contributed by atoms with van der Waals surface area (Å²) >= 11 is 0. The van der Waals surface area contributed by atoms with E-state index in [9.17, 15) is 38.4 Å². The molecule has 0 aliphatic heterocycles. The van der Waals surface area contributed by atoms with Crippen LogP contribution in [0.2, 0.25) is 0 Å². The van der Waals surface area contributed by atoms with Gasteiger partial charge in [0.05, 0.1) is 73.8 Å². The Balaban J connectivity index is 0.000000657. The first-order valence-electron chi connectivity index (χ1n) is 36.9. The maximum absolute atomic E-state index is 12.4. The fourth-order valence-electron chi connectivity index (χ4n) is 12.8. The Morgan fingerprint density at radius 3 is 0.806 bits per heavy atom. The van der Waals surface area contributed by atoms with E-state index >= 15 is 0 Å². The number of esters is 8. The van der Waals surface area contributed by atoms with Gasteiger partial charge in [0.1, 0.15) is 52.9 Å². The van der Waals surface area contributed by atoms with Crippen LogP contribution in [-0.4, -0.2) is 253 Å². The third-order valence-corrected chi connectivity index (χ3v) is 18.5. The Kier molecular flexibility index (Phi) is 50.6. The minimum atomic E-state index is -0.374. The topological polar surface area (TPSA) is 260 Å². The van der Waals surface area contributed by atoms with Gasteiger partial charge in [-0.05, 0) is 172 Å². The van der Waals surface area contributed by atoms with Gasteiger partial charge in [0.25, 0.3) is 0 Å². The first-order valence-corrected chi connectivity index (χ1v) is 36.9. The van der Waals surface area contributed by atoms with Gasteiger partial charge in [0.2, 0.25) is 0 Å². The number of carbonyl (C=O) groups is 8. The maximum Gasteiger partial charge on any atom is 0.309 e. The van der Waals surface area contributed by atoms with E-state index < -0.39 is 0 Å². The summed E-state index contributed by atoms with van der Waals surface area (Å²) < 4.78 is 62.0. The highest BCUT2D eigenvalue weighted by Gasteiger charge is 2.40. The van der Waals surface area contributed by atoms with Crippen LogP contribution in [-0.2, 0) is 95.2 Å². The van der Waals surface area contributed by atoms with Gasteiger partial charge in [-0.2, -0.15) is 0 Å². The minimum absolute atomic E-state index is 0.00585. The fraction of sp³-hybridized carbons (Fsp3) is 0.892. The van der Waals surface area contributed by atoms with Crippen molar-refractivity contribution in [2.75, 3.05) is 174 Å². The van der Waals surface area contributed by atoms with Gasteiger partial charge in [-0.15, -0.1) is 0 Å². The van der Waals surface area contributed by atoms with E-state index in [1.54, 1.807) is 28.4 Å².